The van der Waals surface area contributed by atoms with E-state index in [4.69, 9.17) is 13.8 Å². The van der Waals surface area contributed by atoms with E-state index in [-0.39, 0.29) is 5.92 Å². The summed E-state index contributed by atoms with van der Waals surface area (Å²) in [5, 5.41) is 4.14. The SMILES string of the molecule is CC.COc1ccc2c(c1)/C(=N/OSC)C(C)CO2. The lowest BCUT2D eigenvalue weighted by Gasteiger charge is -2.24. The molecule has 1 atom stereocenters. The van der Waals surface area contributed by atoms with E-state index in [1.165, 1.54) is 12.0 Å². The number of fused-ring (bicyclic) bond motifs is 1. The van der Waals surface area contributed by atoms with Gasteiger partial charge in [-0.1, -0.05) is 25.9 Å². The molecule has 1 aliphatic rings. The number of methoxy groups -OCH3 is 1. The highest BCUT2D eigenvalue weighted by atomic mass is 32.2. The van der Waals surface area contributed by atoms with Crippen molar-refractivity contribution in [1.29, 1.82) is 0 Å². The molecule has 2 rings (SSSR count). The molecule has 1 aromatic carbocycles. The van der Waals surface area contributed by atoms with Crippen molar-refractivity contribution in [2.75, 3.05) is 20.0 Å². The zero-order valence-electron chi connectivity index (χ0n) is 12.1. The number of benzene rings is 1. The lowest BCUT2D eigenvalue weighted by Crippen LogP contribution is -2.26. The van der Waals surface area contributed by atoms with Crippen LogP contribution in [0.2, 0.25) is 0 Å². The van der Waals surface area contributed by atoms with Gasteiger partial charge in [-0.25, -0.2) is 0 Å². The average molecular weight is 283 g/mol. The quantitative estimate of drug-likeness (QED) is 0.625. The second kappa shape index (κ2) is 7.94. The third kappa shape index (κ3) is 3.80. The van der Waals surface area contributed by atoms with Crippen LogP contribution in [-0.2, 0) is 4.28 Å². The summed E-state index contributed by atoms with van der Waals surface area (Å²) in [6, 6.07) is 5.70. The third-order valence-corrected chi connectivity index (χ3v) is 2.85. The predicted molar refractivity (Wildman–Crippen MR) is 80.1 cm³/mol. The lowest BCUT2D eigenvalue weighted by atomic mass is 9.95. The van der Waals surface area contributed by atoms with Crippen molar-refractivity contribution in [3.8, 4) is 11.5 Å². The Labute approximate surface area is 119 Å². The van der Waals surface area contributed by atoms with Gasteiger partial charge in [0.15, 0.2) is 0 Å². The highest BCUT2D eigenvalue weighted by Gasteiger charge is 2.24. The number of oxime groups is 1. The van der Waals surface area contributed by atoms with Crippen molar-refractivity contribution in [2.24, 2.45) is 11.1 Å². The molecule has 5 heteroatoms. The topological polar surface area (TPSA) is 40.0 Å². The Bertz CT molecular complexity index is 435. The van der Waals surface area contributed by atoms with Gasteiger partial charge in [-0.2, -0.15) is 0 Å². The van der Waals surface area contributed by atoms with E-state index in [1.54, 1.807) is 7.11 Å². The van der Waals surface area contributed by atoms with E-state index in [2.05, 4.69) is 12.1 Å². The molecule has 0 fully saturated rings. The molecule has 0 aromatic heterocycles. The second-order valence-electron chi connectivity index (χ2n) is 3.79. The monoisotopic (exact) mass is 283 g/mol. The number of rotatable bonds is 3. The van der Waals surface area contributed by atoms with E-state index in [1.807, 2.05) is 38.3 Å². The molecule has 1 aromatic rings. The zero-order chi connectivity index (χ0) is 14.3. The summed E-state index contributed by atoms with van der Waals surface area (Å²) in [5.74, 6) is 1.83. The molecular weight excluding hydrogens is 262 g/mol. The van der Waals surface area contributed by atoms with Crippen molar-refractivity contribution >= 4 is 17.8 Å². The van der Waals surface area contributed by atoms with Crippen LogP contribution in [0, 0.1) is 5.92 Å². The molecule has 0 amide bonds. The van der Waals surface area contributed by atoms with Gasteiger partial charge in [-0.05, 0) is 18.2 Å². The molecule has 0 aliphatic carbocycles. The molecule has 0 saturated heterocycles. The standard InChI is InChI=1S/C12H15NO3S.C2H6/c1-8-7-15-11-5-4-9(14-2)6-10(11)12(8)13-16-17-3;1-2/h4-6,8H,7H2,1-3H3;1-2H3/b13-12+;. The number of hydrogen-bond donors (Lipinski definition) is 0. The number of hydrogen-bond acceptors (Lipinski definition) is 5. The summed E-state index contributed by atoms with van der Waals surface area (Å²) in [7, 11) is 1.64. The molecule has 106 valence electrons. The van der Waals surface area contributed by atoms with Gasteiger partial charge >= 0.3 is 0 Å². The smallest absolute Gasteiger partial charge is 0.128 e. The number of ether oxygens (including phenoxy) is 2. The van der Waals surface area contributed by atoms with Crippen LogP contribution < -0.4 is 9.47 Å². The van der Waals surface area contributed by atoms with Gasteiger partial charge in [0.2, 0.25) is 0 Å². The summed E-state index contributed by atoms with van der Waals surface area (Å²) >= 11 is 1.22. The molecule has 0 bridgehead atoms. The highest BCUT2D eigenvalue weighted by molar-refractivity contribution is 7.93. The number of nitrogens with zero attached hydrogens (tertiary/aromatic N) is 1. The first kappa shape index (κ1) is 15.7. The minimum absolute atomic E-state index is 0.210. The van der Waals surface area contributed by atoms with Crippen LogP contribution in [0.15, 0.2) is 23.4 Å². The van der Waals surface area contributed by atoms with Crippen molar-refractivity contribution in [3.05, 3.63) is 23.8 Å². The predicted octanol–water partition coefficient (Wildman–Crippen LogP) is 3.75. The first-order valence-electron chi connectivity index (χ1n) is 6.35. The Morgan fingerprint density at radius 3 is 2.74 bits per heavy atom. The maximum absolute atomic E-state index is 5.65. The maximum atomic E-state index is 5.65. The molecule has 1 heterocycles. The third-order valence-electron chi connectivity index (χ3n) is 2.63. The Morgan fingerprint density at radius 2 is 2.11 bits per heavy atom. The summed E-state index contributed by atoms with van der Waals surface area (Å²) in [4.78, 5) is 0. The van der Waals surface area contributed by atoms with E-state index < -0.39 is 0 Å². The lowest BCUT2D eigenvalue weighted by molar-refractivity contribution is 0.276. The molecule has 0 saturated carbocycles. The van der Waals surface area contributed by atoms with Crippen LogP contribution in [0.5, 0.6) is 11.5 Å². The fraction of sp³-hybridized carbons (Fsp3) is 0.500. The van der Waals surface area contributed by atoms with Gasteiger partial charge in [0, 0.05) is 17.7 Å². The van der Waals surface area contributed by atoms with E-state index >= 15 is 0 Å². The van der Waals surface area contributed by atoms with Crippen LogP contribution >= 0.6 is 12.0 Å². The van der Waals surface area contributed by atoms with Gasteiger partial charge in [0.25, 0.3) is 0 Å². The minimum Gasteiger partial charge on any atom is -0.497 e. The Balaban J connectivity index is 0.000000861. The Kier molecular flexibility index (Phi) is 6.56. The highest BCUT2D eigenvalue weighted by Crippen LogP contribution is 2.31. The summed E-state index contributed by atoms with van der Waals surface area (Å²) in [6.45, 7) is 6.68. The van der Waals surface area contributed by atoms with Crippen LogP contribution in [0.1, 0.15) is 26.3 Å². The van der Waals surface area contributed by atoms with Crippen LogP contribution in [0.4, 0.5) is 0 Å². The van der Waals surface area contributed by atoms with Gasteiger partial charge in [-0.3, -0.25) is 0 Å². The summed E-state index contributed by atoms with van der Waals surface area (Å²) < 4.78 is 15.9. The zero-order valence-corrected chi connectivity index (χ0v) is 12.9. The van der Waals surface area contributed by atoms with E-state index in [0.717, 1.165) is 22.8 Å². The maximum Gasteiger partial charge on any atom is 0.128 e. The molecule has 0 N–H and O–H groups in total. The summed E-state index contributed by atoms with van der Waals surface area (Å²) in [6.07, 6.45) is 1.83. The fourth-order valence-corrected chi connectivity index (χ4v) is 1.89. The fourth-order valence-electron chi connectivity index (χ4n) is 1.74. The molecule has 4 nitrogen and oxygen atoms in total. The normalized spacial score (nSPS) is 18.8. The second-order valence-corrected chi connectivity index (χ2v) is 4.27. The van der Waals surface area contributed by atoms with Gasteiger partial charge < -0.3 is 13.8 Å². The molecule has 1 unspecified atom stereocenters. The van der Waals surface area contributed by atoms with Crippen LogP contribution in [0.3, 0.4) is 0 Å². The largest absolute Gasteiger partial charge is 0.497 e. The molecule has 1 aliphatic heterocycles. The average Bonchev–Trinajstić information content (AvgIpc) is 2.48. The molecule has 0 spiro atoms. The van der Waals surface area contributed by atoms with Gasteiger partial charge in [0.1, 0.15) is 11.5 Å². The van der Waals surface area contributed by atoms with E-state index in [0.29, 0.717) is 6.61 Å². The van der Waals surface area contributed by atoms with Crippen molar-refractivity contribution in [2.45, 2.75) is 20.8 Å². The molecule has 0 radical (unpaired) electrons. The first-order valence-corrected chi connectivity index (χ1v) is 7.50. The van der Waals surface area contributed by atoms with Gasteiger partial charge in [0.05, 0.1) is 31.5 Å². The van der Waals surface area contributed by atoms with Crippen LogP contribution in [0.25, 0.3) is 0 Å². The molecular formula is C14H21NO3S. The minimum atomic E-state index is 0.210. The van der Waals surface area contributed by atoms with Crippen molar-refractivity contribution < 1.29 is 13.8 Å². The van der Waals surface area contributed by atoms with Crippen molar-refractivity contribution in [1.82, 2.24) is 0 Å². The first-order chi connectivity index (χ1) is 9.26. The molecule has 19 heavy (non-hydrogen) atoms. The van der Waals surface area contributed by atoms with Crippen LogP contribution in [-0.4, -0.2) is 25.7 Å². The van der Waals surface area contributed by atoms with E-state index in [9.17, 15) is 0 Å². The summed E-state index contributed by atoms with van der Waals surface area (Å²) in [5.41, 5.74) is 1.84. The van der Waals surface area contributed by atoms with Gasteiger partial charge in [-0.15, -0.1) is 0 Å². The Hall–Kier alpha value is -1.36. The van der Waals surface area contributed by atoms with Crippen molar-refractivity contribution in [3.63, 3.8) is 0 Å². The Morgan fingerprint density at radius 1 is 1.37 bits per heavy atom.